The van der Waals surface area contributed by atoms with Crippen molar-refractivity contribution in [2.45, 2.75) is 18.9 Å². The fourth-order valence-corrected chi connectivity index (χ4v) is 4.56. The number of hydrogen-bond acceptors (Lipinski definition) is 4. The average molecular weight is 403 g/mol. The van der Waals surface area contributed by atoms with Crippen LogP contribution in [-0.4, -0.2) is 35.6 Å². The van der Waals surface area contributed by atoms with Crippen molar-refractivity contribution in [1.82, 2.24) is 9.47 Å². The summed E-state index contributed by atoms with van der Waals surface area (Å²) in [6, 6.07) is 16.1. The van der Waals surface area contributed by atoms with Gasteiger partial charge in [-0.3, -0.25) is 9.69 Å². The fraction of sp³-hybridized carbons (Fsp3) is 0.292. The number of para-hydroxylation sites is 1. The summed E-state index contributed by atoms with van der Waals surface area (Å²) in [6.45, 7) is 1.26. The zero-order valence-electron chi connectivity index (χ0n) is 17.2. The van der Waals surface area contributed by atoms with Crippen molar-refractivity contribution in [3.8, 4) is 5.75 Å². The van der Waals surface area contributed by atoms with Gasteiger partial charge in [-0.05, 0) is 43.7 Å². The molecule has 1 aliphatic heterocycles. The molecular formula is C24H25N3O3. The lowest BCUT2D eigenvalue weighted by atomic mass is 10.1. The van der Waals surface area contributed by atoms with E-state index in [2.05, 4.69) is 40.2 Å². The van der Waals surface area contributed by atoms with Gasteiger partial charge < -0.3 is 19.0 Å². The second-order valence-electron chi connectivity index (χ2n) is 7.87. The highest BCUT2D eigenvalue weighted by Crippen LogP contribution is 2.37. The maximum Gasteiger partial charge on any atom is 0.238 e. The van der Waals surface area contributed by atoms with Crippen LogP contribution in [0.3, 0.4) is 0 Å². The number of benzene rings is 2. The van der Waals surface area contributed by atoms with Crippen LogP contribution in [-0.2, 0) is 11.8 Å². The van der Waals surface area contributed by atoms with Gasteiger partial charge in [0.15, 0.2) is 0 Å². The summed E-state index contributed by atoms with van der Waals surface area (Å²) in [5.74, 6) is 0.577. The highest BCUT2D eigenvalue weighted by molar-refractivity contribution is 6.07. The number of likely N-dealkylation sites (tertiary alicyclic amines) is 1. The van der Waals surface area contributed by atoms with Gasteiger partial charge in [-0.1, -0.05) is 18.2 Å². The quantitative estimate of drug-likeness (QED) is 0.524. The van der Waals surface area contributed by atoms with Crippen LogP contribution in [0.15, 0.2) is 59.1 Å². The molecule has 1 N–H and O–H groups in total. The van der Waals surface area contributed by atoms with Crippen molar-refractivity contribution in [2.75, 3.05) is 25.5 Å². The molecule has 2 aromatic carbocycles. The maximum absolute atomic E-state index is 12.9. The van der Waals surface area contributed by atoms with Crippen LogP contribution in [0.2, 0.25) is 0 Å². The molecule has 5 rings (SSSR count). The molecule has 0 radical (unpaired) electrons. The minimum atomic E-state index is -0.0510. The van der Waals surface area contributed by atoms with Gasteiger partial charge in [0, 0.05) is 35.8 Å². The van der Waals surface area contributed by atoms with E-state index < -0.39 is 0 Å². The van der Waals surface area contributed by atoms with Crippen molar-refractivity contribution in [2.24, 2.45) is 7.05 Å². The number of aryl methyl sites for hydroxylation is 1. The minimum Gasteiger partial charge on any atom is -0.495 e. The molecule has 154 valence electrons. The molecule has 6 heteroatoms. The molecule has 1 fully saturated rings. The molecular weight excluding hydrogens is 378 g/mol. The Morgan fingerprint density at radius 3 is 2.83 bits per heavy atom. The number of rotatable bonds is 5. The van der Waals surface area contributed by atoms with Crippen LogP contribution in [0, 0.1) is 0 Å². The van der Waals surface area contributed by atoms with Gasteiger partial charge in [0.2, 0.25) is 5.91 Å². The van der Waals surface area contributed by atoms with Gasteiger partial charge in [-0.15, -0.1) is 0 Å². The molecule has 4 aromatic rings. The van der Waals surface area contributed by atoms with Gasteiger partial charge in [-0.25, -0.2) is 0 Å². The zero-order chi connectivity index (χ0) is 20.7. The molecule has 1 amide bonds. The first-order valence-electron chi connectivity index (χ1n) is 10.3. The standard InChI is InChI=1S/C24H25N3O3/c1-26-11-5-8-19(26)20-9-6-12-27(20)15-24(28)25-18-14-22-17(13-23(18)29-2)16-7-3-4-10-21(16)30-22/h3-5,7-8,10-11,13-14,20H,6,9,12,15H2,1-2H3,(H,25,28)/t20-/m1/s1. The lowest BCUT2D eigenvalue weighted by Crippen LogP contribution is -2.33. The van der Waals surface area contributed by atoms with Crippen molar-refractivity contribution >= 4 is 33.5 Å². The third kappa shape index (κ3) is 3.23. The highest BCUT2D eigenvalue weighted by atomic mass is 16.5. The molecule has 30 heavy (non-hydrogen) atoms. The van der Waals surface area contributed by atoms with Gasteiger partial charge in [0.1, 0.15) is 16.9 Å². The van der Waals surface area contributed by atoms with Crippen LogP contribution in [0.4, 0.5) is 5.69 Å². The topological polar surface area (TPSA) is 59.6 Å². The summed E-state index contributed by atoms with van der Waals surface area (Å²) in [4.78, 5) is 15.1. The predicted octanol–water partition coefficient (Wildman–Crippen LogP) is 4.71. The second kappa shape index (κ2) is 7.54. The van der Waals surface area contributed by atoms with Crippen molar-refractivity contribution in [3.05, 3.63) is 60.4 Å². The second-order valence-corrected chi connectivity index (χ2v) is 7.87. The third-order valence-electron chi connectivity index (χ3n) is 6.01. The molecule has 1 atom stereocenters. The average Bonchev–Trinajstić information content (AvgIpc) is 3.45. The number of hydrogen-bond donors (Lipinski definition) is 1. The Balaban J connectivity index is 1.39. The predicted molar refractivity (Wildman–Crippen MR) is 118 cm³/mol. The van der Waals surface area contributed by atoms with Gasteiger partial charge in [-0.2, -0.15) is 0 Å². The van der Waals surface area contributed by atoms with Crippen LogP contribution in [0.1, 0.15) is 24.6 Å². The number of carbonyl (C=O) groups excluding carboxylic acids is 1. The lowest BCUT2D eigenvalue weighted by Gasteiger charge is -2.24. The molecule has 0 aliphatic carbocycles. The summed E-state index contributed by atoms with van der Waals surface area (Å²) in [5.41, 5.74) is 3.43. The first kappa shape index (κ1) is 18.8. The molecule has 3 heterocycles. The maximum atomic E-state index is 12.9. The van der Waals surface area contributed by atoms with Crippen molar-refractivity contribution in [1.29, 1.82) is 0 Å². The highest BCUT2D eigenvalue weighted by Gasteiger charge is 2.29. The Labute approximate surface area is 175 Å². The number of amides is 1. The number of methoxy groups -OCH3 is 1. The molecule has 1 saturated heterocycles. The normalized spacial score (nSPS) is 17.1. The van der Waals surface area contributed by atoms with E-state index in [1.54, 1.807) is 7.11 Å². The minimum absolute atomic E-state index is 0.0510. The number of ether oxygens (including phenoxy) is 1. The Morgan fingerprint density at radius 2 is 2.03 bits per heavy atom. The first-order valence-corrected chi connectivity index (χ1v) is 10.3. The summed E-state index contributed by atoms with van der Waals surface area (Å²) in [6.07, 6.45) is 4.22. The van der Waals surface area contributed by atoms with E-state index in [0.29, 0.717) is 18.0 Å². The fourth-order valence-electron chi connectivity index (χ4n) is 4.56. The summed E-state index contributed by atoms with van der Waals surface area (Å²) < 4.78 is 13.7. The monoisotopic (exact) mass is 403 g/mol. The number of nitrogens with zero attached hydrogens (tertiary/aromatic N) is 2. The van der Waals surface area contributed by atoms with Crippen LogP contribution < -0.4 is 10.1 Å². The van der Waals surface area contributed by atoms with E-state index in [1.165, 1.54) is 5.69 Å². The van der Waals surface area contributed by atoms with E-state index in [9.17, 15) is 4.79 Å². The van der Waals surface area contributed by atoms with E-state index in [1.807, 2.05) is 36.4 Å². The molecule has 6 nitrogen and oxygen atoms in total. The van der Waals surface area contributed by atoms with Gasteiger partial charge >= 0.3 is 0 Å². The van der Waals surface area contributed by atoms with Crippen LogP contribution >= 0.6 is 0 Å². The third-order valence-corrected chi connectivity index (χ3v) is 6.01. The Kier molecular flexibility index (Phi) is 4.71. The SMILES string of the molecule is COc1cc2c(cc1NC(=O)CN1CCC[C@@H]1c1cccn1C)oc1ccccc12. The van der Waals surface area contributed by atoms with Gasteiger partial charge in [0.25, 0.3) is 0 Å². The van der Waals surface area contributed by atoms with E-state index in [-0.39, 0.29) is 11.9 Å². The molecule has 0 spiro atoms. The number of carbonyl (C=O) groups is 1. The Bertz CT molecular complexity index is 1220. The van der Waals surface area contributed by atoms with Crippen molar-refractivity contribution < 1.29 is 13.9 Å². The largest absolute Gasteiger partial charge is 0.495 e. The molecule has 1 aliphatic rings. The first-order chi connectivity index (χ1) is 14.6. The van der Waals surface area contributed by atoms with E-state index in [0.717, 1.165) is 41.3 Å². The van der Waals surface area contributed by atoms with Gasteiger partial charge in [0.05, 0.1) is 25.4 Å². The zero-order valence-corrected chi connectivity index (χ0v) is 17.2. The number of furan rings is 1. The summed E-state index contributed by atoms with van der Waals surface area (Å²) >= 11 is 0. The van der Waals surface area contributed by atoms with E-state index in [4.69, 9.17) is 9.15 Å². The molecule has 0 unspecified atom stereocenters. The number of aromatic nitrogens is 1. The summed E-state index contributed by atoms with van der Waals surface area (Å²) in [5, 5.41) is 5.04. The Morgan fingerprint density at radius 1 is 1.17 bits per heavy atom. The van der Waals surface area contributed by atoms with Crippen molar-refractivity contribution in [3.63, 3.8) is 0 Å². The van der Waals surface area contributed by atoms with E-state index >= 15 is 0 Å². The number of fused-ring (bicyclic) bond motifs is 3. The van der Waals surface area contributed by atoms with Crippen LogP contribution in [0.5, 0.6) is 5.75 Å². The molecule has 0 bridgehead atoms. The summed E-state index contributed by atoms with van der Waals surface area (Å²) in [7, 11) is 3.67. The number of nitrogens with one attached hydrogen (secondary N) is 1. The Hall–Kier alpha value is -3.25. The smallest absolute Gasteiger partial charge is 0.238 e. The molecule has 0 saturated carbocycles. The number of anilines is 1. The van der Waals surface area contributed by atoms with Crippen LogP contribution in [0.25, 0.3) is 21.9 Å². The molecule has 2 aromatic heterocycles. The lowest BCUT2D eigenvalue weighted by molar-refractivity contribution is -0.117.